The summed E-state index contributed by atoms with van der Waals surface area (Å²) < 4.78 is 0. The van der Waals surface area contributed by atoms with E-state index in [1.807, 2.05) is 0 Å². The van der Waals surface area contributed by atoms with Crippen molar-refractivity contribution >= 4 is 7.26 Å². The first-order chi connectivity index (χ1) is 17.5. The van der Waals surface area contributed by atoms with Crippen molar-refractivity contribution in [2.75, 3.05) is 19.5 Å². The molecule has 0 aromatic carbocycles. The first-order valence-electron chi connectivity index (χ1n) is 17.3. The molecule has 0 fully saturated rings. The third-order valence-corrected chi connectivity index (χ3v) is 14.0. The molecular weight excluding hydrogens is 487 g/mol. The van der Waals surface area contributed by atoms with E-state index >= 15 is 0 Å². The summed E-state index contributed by atoms with van der Waals surface area (Å²) in [6.45, 7) is 15.0. The average molecular weight is 561 g/mol. The van der Waals surface area contributed by atoms with Crippen molar-refractivity contribution in [2.45, 2.75) is 206 Å². The van der Waals surface area contributed by atoms with Crippen molar-refractivity contribution in [3.63, 3.8) is 0 Å². The zero-order valence-electron chi connectivity index (χ0n) is 27.1. The lowest BCUT2D eigenvalue weighted by molar-refractivity contribution is -0.00000833. The van der Waals surface area contributed by atoms with Crippen molar-refractivity contribution in [1.29, 1.82) is 0 Å². The SMILES string of the molecule is CCCCCCCCCCCCCC[P+](C)(C)C(CCCCCC)(CCCCCC)CCCCCC.[Cl-]. The van der Waals surface area contributed by atoms with Gasteiger partial charge in [0.15, 0.2) is 0 Å². The Balaban J connectivity index is 0. The molecule has 0 spiro atoms. The molecule has 0 N–H and O–H groups in total. The summed E-state index contributed by atoms with van der Waals surface area (Å²) >= 11 is 0. The molecule has 226 valence electrons. The van der Waals surface area contributed by atoms with E-state index in [0.29, 0.717) is 5.16 Å². The lowest BCUT2D eigenvalue weighted by Gasteiger charge is -2.42. The third kappa shape index (κ3) is 21.2. The Labute approximate surface area is 244 Å². The van der Waals surface area contributed by atoms with Gasteiger partial charge < -0.3 is 12.4 Å². The summed E-state index contributed by atoms with van der Waals surface area (Å²) in [4.78, 5) is 0. The molecule has 0 bridgehead atoms. The summed E-state index contributed by atoms with van der Waals surface area (Å²) in [5, 5.41) is 0.694. The summed E-state index contributed by atoms with van der Waals surface area (Å²) in [5.41, 5.74) is 0. The van der Waals surface area contributed by atoms with E-state index in [4.69, 9.17) is 0 Å². The highest BCUT2D eigenvalue weighted by Gasteiger charge is 2.49. The Morgan fingerprint density at radius 3 is 0.892 bits per heavy atom. The van der Waals surface area contributed by atoms with E-state index in [0.717, 1.165) is 0 Å². The smallest absolute Gasteiger partial charge is 0.0794 e. The Bertz CT molecular complexity index is 402. The highest BCUT2D eigenvalue weighted by atomic mass is 35.5. The minimum absolute atomic E-state index is 0. The Hall–Kier alpha value is 0.720. The van der Waals surface area contributed by atoms with Crippen LogP contribution in [0.5, 0.6) is 0 Å². The summed E-state index contributed by atoms with van der Waals surface area (Å²) in [7, 11) is -0.909. The van der Waals surface area contributed by atoms with Gasteiger partial charge in [-0.05, 0) is 51.4 Å². The van der Waals surface area contributed by atoms with Crippen molar-refractivity contribution in [2.24, 2.45) is 0 Å². The Morgan fingerprint density at radius 1 is 0.351 bits per heavy atom. The van der Waals surface area contributed by atoms with Crippen LogP contribution in [0.1, 0.15) is 201 Å². The molecule has 0 saturated heterocycles. The monoisotopic (exact) mass is 561 g/mol. The largest absolute Gasteiger partial charge is 1.00 e. The fourth-order valence-electron chi connectivity index (χ4n) is 6.51. The molecule has 0 atom stereocenters. The topological polar surface area (TPSA) is 0 Å². The van der Waals surface area contributed by atoms with Crippen LogP contribution in [-0.2, 0) is 0 Å². The summed E-state index contributed by atoms with van der Waals surface area (Å²) in [5.74, 6) is 0. The normalized spacial score (nSPS) is 12.2. The molecule has 0 aliphatic carbocycles. The predicted octanol–water partition coefficient (Wildman–Crippen LogP) is 10.6. The lowest BCUT2D eigenvalue weighted by Crippen LogP contribution is -3.00. The maximum absolute atomic E-state index is 2.80. The summed E-state index contributed by atoms with van der Waals surface area (Å²) in [6.07, 6.45) is 41.3. The molecule has 0 saturated carbocycles. The second kappa shape index (κ2) is 28.3. The molecule has 0 aromatic heterocycles. The second-order valence-corrected chi connectivity index (χ2v) is 17.7. The molecule has 0 rings (SSSR count). The maximum Gasteiger partial charge on any atom is 0.0794 e. The fraction of sp³-hybridized carbons (Fsp3) is 1.00. The first-order valence-corrected chi connectivity index (χ1v) is 20.2. The zero-order chi connectivity index (χ0) is 26.8. The molecule has 0 unspecified atom stereocenters. The van der Waals surface area contributed by atoms with Crippen LogP contribution >= 0.6 is 7.26 Å². The van der Waals surface area contributed by atoms with Crippen molar-refractivity contribution in [3.05, 3.63) is 0 Å². The molecule has 0 heterocycles. The van der Waals surface area contributed by atoms with E-state index < -0.39 is 7.26 Å². The Morgan fingerprint density at radius 2 is 0.595 bits per heavy atom. The molecule has 2 heteroatoms. The standard InChI is InChI=1S/C35H74P.ClH/c1-7-11-15-19-20-21-22-23-24-25-26-30-34-36(5,6)35(31-27-16-12-8-2,32-28-17-13-9-3)33-29-18-14-10-4;/h7-34H2,1-6H3;1H/q+1;/p-1. The first kappa shape index (κ1) is 39.9. The number of rotatable bonds is 29. The van der Waals surface area contributed by atoms with Gasteiger partial charge in [0.1, 0.15) is 0 Å². The van der Waals surface area contributed by atoms with Crippen LogP contribution in [0.25, 0.3) is 0 Å². The van der Waals surface area contributed by atoms with E-state index in [-0.39, 0.29) is 12.4 Å². The van der Waals surface area contributed by atoms with Gasteiger partial charge in [0.25, 0.3) is 0 Å². The minimum atomic E-state index is -0.909. The van der Waals surface area contributed by atoms with Crippen LogP contribution < -0.4 is 12.4 Å². The van der Waals surface area contributed by atoms with Crippen LogP contribution in [0.3, 0.4) is 0 Å². The molecule has 0 aliphatic rings. The minimum Gasteiger partial charge on any atom is -1.00 e. The zero-order valence-corrected chi connectivity index (χ0v) is 28.8. The average Bonchev–Trinajstić information content (AvgIpc) is 2.87. The van der Waals surface area contributed by atoms with Gasteiger partial charge in [-0.2, -0.15) is 0 Å². The lowest BCUT2D eigenvalue weighted by atomic mass is 9.88. The van der Waals surface area contributed by atoms with Gasteiger partial charge in [-0.15, -0.1) is 0 Å². The van der Waals surface area contributed by atoms with Crippen LogP contribution in [-0.4, -0.2) is 24.6 Å². The molecule has 0 amide bonds. The van der Waals surface area contributed by atoms with Crippen molar-refractivity contribution in [1.82, 2.24) is 0 Å². The second-order valence-electron chi connectivity index (χ2n) is 13.0. The van der Waals surface area contributed by atoms with Gasteiger partial charge >= 0.3 is 0 Å². The quantitative estimate of drug-likeness (QED) is 0.0630. The third-order valence-electron chi connectivity index (χ3n) is 9.34. The maximum atomic E-state index is 2.80. The molecule has 0 radical (unpaired) electrons. The van der Waals surface area contributed by atoms with E-state index in [9.17, 15) is 0 Å². The molecule has 0 nitrogen and oxygen atoms in total. The van der Waals surface area contributed by atoms with Gasteiger partial charge in [0.2, 0.25) is 0 Å². The van der Waals surface area contributed by atoms with Crippen LogP contribution in [0.2, 0.25) is 0 Å². The number of halogens is 1. The van der Waals surface area contributed by atoms with Crippen LogP contribution in [0.15, 0.2) is 0 Å². The number of hydrogen-bond acceptors (Lipinski definition) is 0. The van der Waals surface area contributed by atoms with Crippen LogP contribution in [0, 0.1) is 0 Å². The van der Waals surface area contributed by atoms with E-state index in [1.54, 1.807) is 25.4 Å². The van der Waals surface area contributed by atoms with E-state index in [1.165, 1.54) is 154 Å². The molecule has 0 aliphatic heterocycles. The molecule has 0 aromatic rings. The highest BCUT2D eigenvalue weighted by Crippen LogP contribution is 2.69. The summed E-state index contributed by atoms with van der Waals surface area (Å²) in [6, 6.07) is 0. The van der Waals surface area contributed by atoms with Gasteiger partial charge in [-0.3, -0.25) is 0 Å². The van der Waals surface area contributed by atoms with Crippen molar-refractivity contribution in [3.8, 4) is 0 Å². The van der Waals surface area contributed by atoms with Crippen molar-refractivity contribution < 1.29 is 12.4 Å². The van der Waals surface area contributed by atoms with E-state index in [2.05, 4.69) is 41.0 Å². The molecular formula is C35H74ClP. The molecule has 37 heavy (non-hydrogen) atoms. The predicted molar refractivity (Wildman–Crippen MR) is 174 cm³/mol. The van der Waals surface area contributed by atoms with Gasteiger partial charge in [0.05, 0.1) is 11.3 Å². The highest BCUT2D eigenvalue weighted by molar-refractivity contribution is 7.76. The van der Waals surface area contributed by atoms with Gasteiger partial charge in [-0.25, -0.2) is 0 Å². The Kier molecular flexibility index (Phi) is 30.4. The van der Waals surface area contributed by atoms with Crippen LogP contribution in [0.4, 0.5) is 0 Å². The van der Waals surface area contributed by atoms with Gasteiger partial charge in [-0.1, -0.05) is 150 Å². The number of hydrogen-bond donors (Lipinski definition) is 0. The number of unbranched alkanes of at least 4 members (excludes halogenated alkanes) is 20. The van der Waals surface area contributed by atoms with Gasteiger partial charge in [0, 0.05) is 20.6 Å². The fourth-order valence-corrected chi connectivity index (χ4v) is 10.3.